The number of rotatable bonds is 4. The second-order valence-corrected chi connectivity index (χ2v) is 6.04. The summed E-state index contributed by atoms with van der Waals surface area (Å²) in [4.78, 5) is 20.8. The van der Waals surface area contributed by atoms with Gasteiger partial charge < -0.3 is 9.88 Å². The Hall–Kier alpha value is -3.09. The van der Waals surface area contributed by atoms with Crippen LogP contribution in [0.5, 0.6) is 0 Å². The van der Waals surface area contributed by atoms with Crippen molar-refractivity contribution in [2.24, 2.45) is 0 Å². The van der Waals surface area contributed by atoms with Gasteiger partial charge in [0.15, 0.2) is 5.82 Å². The molecule has 0 saturated carbocycles. The fraction of sp³-hybridized carbons (Fsp3) is 0.278. The van der Waals surface area contributed by atoms with Gasteiger partial charge in [-0.05, 0) is 36.6 Å². The molecule has 0 saturated heterocycles. The lowest BCUT2D eigenvalue weighted by atomic mass is 9.97. The molecule has 0 aromatic carbocycles. The van der Waals surface area contributed by atoms with E-state index in [0.717, 1.165) is 42.2 Å². The molecule has 3 aromatic rings. The average molecular weight is 334 g/mol. The monoisotopic (exact) mass is 334 g/mol. The van der Waals surface area contributed by atoms with Gasteiger partial charge in [-0.15, -0.1) is 10.2 Å². The maximum absolute atomic E-state index is 12.7. The molecular weight excluding hydrogens is 316 g/mol. The fourth-order valence-electron chi connectivity index (χ4n) is 3.15. The number of carbonyl (C=O) groups is 1. The lowest BCUT2D eigenvalue weighted by molar-refractivity contribution is -0.123. The van der Waals surface area contributed by atoms with Crippen LogP contribution in [0.1, 0.15) is 30.1 Å². The second-order valence-electron chi connectivity index (χ2n) is 6.04. The van der Waals surface area contributed by atoms with Gasteiger partial charge in [-0.25, -0.2) is 0 Å². The zero-order chi connectivity index (χ0) is 17.1. The number of aromatic nitrogens is 5. The third-order valence-corrected chi connectivity index (χ3v) is 4.41. The third kappa shape index (κ3) is 3.13. The summed E-state index contributed by atoms with van der Waals surface area (Å²) in [6.45, 7) is 1.29. The molecule has 1 atom stereocenters. The van der Waals surface area contributed by atoms with Crippen LogP contribution in [0, 0.1) is 0 Å². The summed E-state index contributed by atoms with van der Waals surface area (Å²) in [5, 5.41) is 11.6. The molecule has 7 nitrogen and oxygen atoms in total. The van der Waals surface area contributed by atoms with Crippen LogP contribution >= 0.6 is 0 Å². The van der Waals surface area contributed by atoms with E-state index in [-0.39, 0.29) is 11.8 Å². The molecule has 7 heteroatoms. The highest BCUT2D eigenvalue weighted by atomic mass is 16.1. The van der Waals surface area contributed by atoms with Gasteiger partial charge in [-0.1, -0.05) is 6.07 Å². The highest BCUT2D eigenvalue weighted by molar-refractivity contribution is 5.83. The van der Waals surface area contributed by atoms with Crippen LogP contribution in [0.3, 0.4) is 0 Å². The van der Waals surface area contributed by atoms with Crippen LogP contribution < -0.4 is 5.32 Å². The van der Waals surface area contributed by atoms with E-state index in [2.05, 4.69) is 25.5 Å². The number of hydrogen-bond donors (Lipinski definition) is 1. The van der Waals surface area contributed by atoms with Crippen molar-refractivity contribution in [3.05, 3.63) is 60.4 Å². The predicted octanol–water partition coefficient (Wildman–Crippen LogP) is 1.93. The van der Waals surface area contributed by atoms with Crippen LogP contribution in [0.15, 0.2) is 49.1 Å². The van der Waals surface area contributed by atoms with Crippen LogP contribution in [-0.2, 0) is 17.9 Å². The van der Waals surface area contributed by atoms with Crippen molar-refractivity contribution < 1.29 is 4.79 Å². The first-order valence-electron chi connectivity index (χ1n) is 8.33. The van der Waals surface area contributed by atoms with Gasteiger partial charge in [0.2, 0.25) is 5.91 Å². The van der Waals surface area contributed by atoms with E-state index in [1.54, 1.807) is 24.8 Å². The minimum absolute atomic E-state index is 0.0153. The van der Waals surface area contributed by atoms with Gasteiger partial charge in [0.05, 0.1) is 5.92 Å². The molecule has 1 aliphatic heterocycles. The molecular formula is C18H18N6O. The van der Waals surface area contributed by atoms with Crippen molar-refractivity contribution in [1.29, 1.82) is 0 Å². The molecule has 25 heavy (non-hydrogen) atoms. The third-order valence-electron chi connectivity index (χ3n) is 4.41. The zero-order valence-electron chi connectivity index (χ0n) is 13.7. The number of carbonyl (C=O) groups excluding carboxylic acids is 1. The normalized spacial score (nSPS) is 16.2. The van der Waals surface area contributed by atoms with Crippen LogP contribution in [-0.4, -0.2) is 30.6 Å². The molecule has 0 radical (unpaired) electrons. The van der Waals surface area contributed by atoms with Crippen LogP contribution in [0.2, 0.25) is 0 Å². The first kappa shape index (κ1) is 15.4. The molecule has 3 aromatic heterocycles. The van der Waals surface area contributed by atoms with Gasteiger partial charge in [0, 0.05) is 43.4 Å². The quantitative estimate of drug-likeness (QED) is 0.788. The minimum Gasteiger partial charge on any atom is -0.351 e. The maximum atomic E-state index is 12.7. The lowest BCUT2D eigenvalue weighted by Crippen LogP contribution is -2.33. The van der Waals surface area contributed by atoms with Gasteiger partial charge in [0.1, 0.15) is 5.82 Å². The molecule has 1 N–H and O–H groups in total. The molecule has 0 aliphatic carbocycles. The van der Waals surface area contributed by atoms with Gasteiger partial charge in [0.25, 0.3) is 0 Å². The Labute approximate surface area is 145 Å². The summed E-state index contributed by atoms with van der Waals surface area (Å²) in [7, 11) is 0. The van der Waals surface area contributed by atoms with E-state index < -0.39 is 0 Å². The maximum Gasteiger partial charge on any atom is 0.231 e. The van der Waals surface area contributed by atoms with E-state index in [9.17, 15) is 4.79 Å². The van der Waals surface area contributed by atoms with Crippen molar-refractivity contribution in [3.8, 4) is 11.4 Å². The summed E-state index contributed by atoms with van der Waals surface area (Å²) in [5.74, 6) is 1.25. The Kier molecular flexibility index (Phi) is 4.20. The van der Waals surface area contributed by atoms with E-state index in [4.69, 9.17) is 0 Å². The van der Waals surface area contributed by atoms with Crippen molar-refractivity contribution >= 4 is 5.91 Å². The van der Waals surface area contributed by atoms with Crippen LogP contribution in [0.25, 0.3) is 11.4 Å². The Morgan fingerprint density at radius 2 is 2.04 bits per heavy atom. The Balaban J connectivity index is 1.54. The highest BCUT2D eigenvalue weighted by Crippen LogP contribution is 2.30. The molecule has 4 heterocycles. The van der Waals surface area contributed by atoms with E-state index >= 15 is 0 Å². The second kappa shape index (κ2) is 6.80. The van der Waals surface area contributed by atoms with Gasteiger partial charge in [-0.2, -0.15) is 0 Å². The van der Waals surface area contributed by atoms with E-state index in [1.165, 1.54) is 0 Å². The van der Waals surface area contributed by atoms with E-state index in [1.807, 2.05) is 28.8 Å². The zero-order valence-corrected chi connectivity index (χ0v) is 13.7. The Bertz CT molecular complexity index is 862. The topological polar surface area (TPSA) is 85.6 Å². The van der Waals surface area contributed by atoms with Crippen molar-refractivity contribution in [1.82, 2.24) is 30.0 Å². The molecule has 0 bridgehead atoms. The number of pyridine rings is 2. The largest absolute Gasteiger partial charge is 0.351 e. The molecule has 0 fully saturated rings. The first-order chi connectivity index (χ1) is 12.3. The van der Waals surface area contributed by atoms with Crippen LogP contribution in [0.4, 0.5) is 0 Å². The summed E-state index contributed by atoms with van der Waals surface area (Å²) in [6.07, 6.45) is 8.65. The smallest absolute Gasteiger partial charge is 0.231 e. The number of nitrogens with zero attached hydrogens (tertiary/aromatic N) is 5. The summed E-state index contributed by atoms with van der Waals surface area (Å²) < 4.78 is 2.05. The fourth-order valence-corrected chi connectivity index (χ4v) is 3.15. The average Bonchev–Trinajstić information content (AvgIpc) is 3.12. The molecule has 126 valence electrons. The predicted molar refractivity (Wildman–Crippen MR) is 91.3 cm³/mol. The minimum atomic E-state index is -0.270. The van der Waals surface area contributed by atoms with E-state index in [0.29, 0.717) is 6.54 Å². The van der Waals surface area contributed by atoms with Crippen molar-refractivity contribution in [3.63, 3.8) is 0 Å². The van der Waals surface area contributed by atoms with Gasteiger partial charge in [-0.3, -0.25) is 14.8 Å². The summed E-state index contributed by atoms with van der Waals surface area (Å²) in [6, 6.07) is 7.62. The molecule has 0 spiro atoms. The highest BCUT2D eigenvalue weighted by Gasteiger charge is 2.30. The van der Waals surface area contributed by atoms with Crippen molar-refractivity contribution in [2.45, 2.75) is 31.8 Å². The molecule has 4 rings (SSSR count). The summed E-state index contributed by atoms with van der Waals surface area (Å²) in [5.41, 5.74) is 1.94. The lowest BCUT2D eigenvalue weighted by Gasteiger charge is -2.23. The summed E-state index contributed by atoms with van der Waals surface area (Å²) >= 11 is 0. The molecule has 1 amide bonds. The number of amides is 1. The molecule has 1 unspecified atom stereocenters. The number of fused-ring (bicyclic) bond motifs is 1. The van der Waals surface area contributed by atoms with Crippen molar-refractivity contribution in [2.75, 3.05) is 0 Å². The number of nitrogens with one attached hydrogen (secondary N) is 1. The van der Waals surface area contributed by atoms with Gasteiger partial charge >= 0.3 is 0 Å². The number of hydrogen-bond acceptors (Lipinski definition) is 5. The SMILES string of the molecule is O=C(NCc1cccnc1)C1CCCn2c(-c3ccncc3)nnc21. The molecule has 1 aliphatic rings. The Morgan fingerprint density at radius 1 is 1.16 bits per heavy atom. The standard InChI is InChI=1S/C18H18N6O/c25-18(21-12-13-3-1-7-20-11-13)15-4-2-10-24-16(22-23-17(15)24)14-5-8-19-9-6-14/h1,3,5-9,11,15H,2,4,10,12H2,(H,21,25). The Morgan fingerprint density at radius 3 is 2.84 bits per heavy atom. The first-order valence-corrected chi connectivity index (χ1v) is 8.33.